The normalized spacial score (nSPS) is 4.50. The third-order valence-corrected chi connectivity index (χ3v) is 0. The Morgan fingerprint density at radius 2 is 0.750 bits per heavy atom. The van der Waals surface area contributed by atoms with Gasteiger partial charge in [-0.1, -0.05) is 0 Å². The summed E-state index contributed by atoms with van der Waals surface area (Å²) in [5, 5.41) is 0. The molecule has 0 aromatic carbocycles. The fraction of sp³-hybridized carbons (Fsp3) is 0. The zero-order chi connectivity index (χ0) is 3.58. The third kappa shape index (κ3) is 48.7. The zero-order valence-corrected chi connectivity index (χ0v) is 17.8. The Hall–Kier alpha value is 4.23. The first-order valence-corrected chi connectivity index (χ1v) is 1.64. The molecule has 3 nitrogen and oxygen atoms in total. The molecule has 0 bridgehead atoms. The average Bonchev–Trinajstić information content (AvgIpc) is 0.811. The molecule has 0 aromatic heterocycles. The molecule has 0 spiro atoms. The molecule has 32 valence electrons. The van der Waals surface area contributed by atoms with Crippen LogP contribution in [-0.4, -0.2) is 27.3 Å². The average molecular weight is 357 g/mol. The molecule has 2 radical (unpaired) electrons. The summed E-state index contributed by atoms with van der Waals surface area (Å²) in [5.74, 6) is 0. The molecule has 8 heavy (non-hydrogen) atoms. The van der Waals surface area contributed by atoms with Crippen LogP contribution in [0.4, 0.5) is 0 Å². The molecule has 0 saturated carbocycles. The third-order valence-electron chi connectivity index (χ3n) is 0. The molecule has 0 N–H and O–H groups in total. The predicted molar refractivity (Wildman–Crippen MR) is 15.5 cm³/mol. The van der Waals surface area contributed by atoms with Gasteiger partial charge in [0, 0.05) is 0 Å². The van der Waals surface area contributed by atoms with Crippen LogP contribution in [0.2, 0.25) is 0 Å². The van der Waals surface area contributed by atoms with Gasteiger partial charge in [-0.05, 0) is 0 Å². The Morgan fingerprint density at radius 3 is 0.750 bits per heavy atom. The van der Waals surface area contributed by atoms with Crippen molar-refractivity contribution >= 4 is 35.9 Å². The first kappa shape index (κ1) is 29.5. The predicted octanol–water partition coefficient (Wildman–Crippen LogP) is -12.6. The maximum absolute atomic E-state index is 8.48. The van der Waals surface area contributed by atoms with Gasteiger partial charge in [0.05, 0.1) is 0 Å². The molecule has 0 rings (SSSR count). The van der Waals surface area contributed by atoms with Crippen LogP contribution in [-0.2, 0) is 0 Å². The molecule has 0 fully saturated rings. The van der Waals surface area contributed by atoms with Gasteiger partial charge >= 0.3 is 116 Å². The second kappa shape index (κ2) is 22.5. The summed E-state index contributed by atoms with van der Waals surface area (Å²) in [4.78, 5) is 25.4. The van der Waals surface area contributed by atoms with Crippen molar-refractivity contribution in [2.45, 2.75) is 0 Å². The summed E-state index contributed by atoms with van der Waals surface area (Å²) in [6, 6.07) is 0. The van der Waals surface area contributed by atoms with Gasteiger partial charge in [0.25, 0.3) is 0 Å². The first-order valence-electron chi connectivity index (χ1n) is 0.548. The van der Waals surface area contributed by atoms with Crippen LogP contribution in [0.3, 0.4) is 0 Å². The Morgan fingerprint density at radius 1 is 0.750 bits per heavy atom. The molecular weight excluding hydrogens is 355 g/mol. The summed E-state index contributed by atoms with van der Waals surface area (Å²) in [7, 11) is -3.37. The van der Waals surface area contributed by atoms with E-state index in [1.54, 1.807) is 0 Å². The molecule has 0 saturated heterocycles. The van der Waals surface area contributed by atoms with Crippen molar-refractivity contribution in [2.75, 3.05) is 0 Å². The van der Waals surface area contributed by atoms with Gasteiger partial charge in [-0.3, -0.25) is 0 Å². The maximum atomic E-state index is 8.48. The fourth-order valence-electron chi connectivity index (χ4n) is 0. The van der Waals surface area contributed by atoms with Gasteiger partial charge in [0.1, 0.15) is 0 Å². The van der Waals surface area contributed by atoms with Gasteiger partial charge in [-0.25, -0.2) is 0 Å². The van der Waals surface area contributed by atoms with Gasteiger partial charge in [-0.2, -0.15) is 0 Å². The standard InChI is InChI=1S/3Na.O3P.Pb.2H/c;;;1-4(2)3;;;/q3*+1;-3;;;. The van der Waals surface area contributed by atoms with E-state index in [1.807, 2.05) is 0 Å². The van der Waals surface area contributed by atoms with E-state index in [0.29, 0.717) is 0 Å². The molecular formula is H2Na3O3PPb. The van der Waals surface area contributed by atoms with Crippen molar-refractivity contribution in [2.24, 2.45) is 0 Å². The van der Waals surface area contributed by atoms with Crippen LogP contribution in [0.1, 0.15) is 0 Å². The first-order chi connectivity index (χ1) is 1.73. The van der Waals surface area contributed by atoms with E-state index in [9.17, 15) is 0 Å². The van der Waals surface area contributed by atoms with E-state index < -0.39 is 8.60 Å². The Labute approximate surface area is 136 Å². The van der Waals surface area contributed by atoms with Crippen molar-refractivity contribution < 1.29 is 103 Å². The van der Waals surface area contributed by atoms with E-state index >= 15 is 0 Å². The summed E-state index contributed by atoms with van der Waals surface area (Å²) in [6.45, 7) is 0. The summed E-state index contributed by atoms with van der Waals surface area (Å²) in [6.07, 6.45) is 0. The Bertz CT molecular complexity index is 19.2. The minimum absolute atomic E-state index is 0. The zero-order valence-electron chi connectivity index (χ0n) is 5.38. The van der Waals surface area contributed by atoms with Crippen LogP contribution in [0.5, 0.6) is 0 Å². The number of hydrogen-bond acceptors (Lipinski definition) is 3. The number of hydrogen-bond donors (Lipinski definition) is 0. The summed E-state index contributed by atoms with van der Waals surface area (Å²) < 4.78 is 0. The van der Waals surface area contributed by atoms with Crippen molar-refractivity contribution in [1.29, 1.82) is 0 Å². The van der Waals surface area contributed by atoms with Crippen molar-refractivity contribution in [1.82, 2.24) is 0 Å². The van der Waals surface area contributed by atoms with Crippen molar-refractivity contribution in [3.05, 3.63) is 0 Å². The quantitative estimate of drug-likeness (QED) is 0.320. The molecule has 0 aliphatic carbocycles. The molecule has 8 heteroatoms. The Kier molecular flexibility index (Phi) is 82.9. The van der Waals surface area contributed by atoms with Gasteiger partial charge in [0.2, 0.25) is 0 Å². The van der Waals surface area contributed by atoms with Gasteiger partial charge in [-0.15, -0.1) is 0 Å². The van der Waals surface area contributed by atoms with Gasteiger partial charge < -0.3 is 23.3 Å². The topological polar surface area (TPSA) is 69.2 Å². The Balaban J connectivity index is -0.00000000750. The molecule has 0 unspecified atom stereocenters. The molecule has 0 atom stereocenters. The van der Waals surface area contributed by atoms with Crippen LogP contribution < -0.4 is 103 Å². The monoisotopic (exact) mass is 358 g/mol. The van der Waals surface area contributed by atoms with Crippen LogP contribution in [0, 0.1) is 0 Å². The van der Waals surface area contributed by atoms with Crippen LogP contribution >= 0.6 is 8.60 Å². The van der Waals surface area contributed by atoms with E-state index in [-0.39, 0.29) is 116 Å². The second-order valence-electron chi connectivity index (χ2n) is 0.224. The minimum atomic E-state index is -3.37. The van der Waals surface area contributed by atoms with Crippen molar-refractivity contribution in [3.8, 4) is 0 Å². The van der Waals surface area contributed by atoms with Gasteiger partial charge in [0.15, 0.2) is 0 Å². The van der Waals surface area contributed by atoms with E-state index in [4.69, 9.17) is 14.7 Å². The fourth-order valence-corrected chi connectivity index (χ4v) is 0. The summed E-state index contributed by atoms with van der Waals surface area (Å²) in [5.41, 5.74) is 0. The molecule has 0 aliphatic rings. The van der Waals surface area contributed by atoms with Crippen LogP contribution in [0.25, 0.3) is 0 Å². The van der Waals surface area contributed by atoms with Crippen molar-refractivity contribution in [3.63, 3.8) is 0 Å². The van der Waals surface area contributed by atoms with E-state index in [0.717, 1.165) is 0 Å². The van der Waals surface area contributed by atoms with Crippen LogP contribution in [0.15, 0.2) is 0 Å². The van der Waals surface area contributed by atoms with E-state index in [2.05, 4.69) is 0 Å². The molecule has 0 aliphatic heterocycles. The number of rotatable bonds is 0. The molecule has 0 amide bonds. The summed E-state index contributed by atoms with van der Waals surface area (Å²) >= 11 is 0. The molecule has 0 aromatic rings. The molecule has 0 heterocycles. The SMILES string of the molecule is [Na+].[Na+].[Na+].[O-]P([O-])[O-].[PbH2]. The second-order valence-corrected chi connectivity index (χ2v) is 0.671. The van der Waals surface area contributed by atoms with E-state index in [1.165, 1.54) is 0 Å².